The van der Waals surface area contributed by atoms with Gasteiger partial charge < -0.3 is 10.5 Å². The van der Waals surface area contributed by atoms with E-state index in [1.54, 1.807) is 0 Å². The largest absolute Gasteiger partial charge is 0.379 e. The van der Waals surface area contributed by atoms with Gasteiger partial charge in [0, 0.05) is 12.5 Å². The third kappa shape index (κ3) is 7.48. The maximum Gasteiger partial charge on any atom is 0.0615 e. The molecule has 1 unspecified atom stereocenters. The second-order valence-corrected chi connectivity index (χ2v) is 2.01. The van der Waals surface area contributed by atoms with Gasteiger partial charge in [0.25, 0.3) is 0 Å². The lowest BCUT2D eigenvalue weighted by atomic mass is 10.4. The number of hydrogen-bond acceptors (Lipinski definition) is 2. The summed E-state index contributed by atoms with van der Waals surface area (Å²) in [7, 11) is 0. The molecule has 1 atom stereocenters. The molecule has 0 radical (unpaired) electrons. The first-order chi connectivity index (χ1) is 4.27. The first-order valence-corrected chi connectivity index (χ1v) is 3.04. The highest BCUT2D eigenvalue weighted by atomic mass is 16.5. The van der Waals surface area contributed by atoms with Gasteiger partial charge in [0.1, 0.15) is 0 Å². The van der Waals surface area contributed by atoms with Crippen LogP contribution in [-0.4, -0.2) is 19.3 Å². The third-order valence-electron chi connectivity index (χ3n) is 0.771. The van der Waals surface area contributed by atoms with E-state index in [-0.39, 0.29) is 6.04 Å². The molecule has 0 heterocycles. The average Bonchev–Trinajstić information content (AvgIpc) is 1.80. The summed E-state index contributed by atoms with van der Waals surface area (Å²) in [6.07, 6.45) is 5.66. The molecule has 0 bridgehead atoms. The lowest BCUT2D eigenvalue weighted by Crippen LogP contribution is -2.21. The third-order valence-corrected chi connectivity index (χ3v) is 0.771. The van der Waals surface area contributed by atoms with Gasteiger partial charge in [-0.05, 0) is 6.92 Å². The second-order valence-electron chi connectivity index (χ2n) is 2.01. The smallest absolute Gasteiger partial charge is 0.0615 e. The van der Waals surface area contributed by atoms with E-state index in [4.69, 9.17) is 16.9 Å². The Morgan fingerprint density at radius 2 is 2.44 bits per heavy atom. The second kappa shape index (κ2) is 5.61. The van der Waals surface area contributed by atoms with Crippen molar-refractivity contribution in [3.63, 3.8) is 0 Å². The molecule has 0 saturated heterocycles. The van der Waals surface area contributed by atoms with Crippen molar-refractivity contribution in [1.29, 1.82) is 0 Å². The molecule has 0 aliphatic carbocycles. The molecular weight excluding hydrogens is 114 g/mol. The van der Waals surface area contributed by atoms with Crippen LogP contribution in [0.5, 0.6) is 0 Å². The normalized spacial score (nSPS) is 12.6. The number of ether oxygens (including phenoxy) is 1. The van der Waals surface area contributed by atoms with Crippen molar-refractivity contribution >= 4 is 0 Å². The molecule has 0 aliphatic rings. The van der Waals surface area contributed by atoms with Crippen LogP contribution in [0.25, 0.3) is 0 Å². The molecule has 0 rings (SSSR count). The van der Waals surface area contributed by atoms with Crippen LogP contribution in [0.15, 0.2) is 0 Å². The van der Waals surface area contributed by atoms with Crippen molar-refractivity contribution in [2.24, 2.45) is 5.73 Å². The Hall–Kier alpha value is -0.520. The highest BCUT2D eigenvalue weighted by Gasteiger charge is 1.90. The minimum absolute atomic E-state index is 0.114. The molecule has 0 aromatic carbocycles. The van der Waals surface area contributed by atoms with E-state index in [1.807, 2.05) is 6.92 Å². The molecule has 52 valence electrons. The summed E-state index contributed by atoms with van der Waals surface area (Å²) in [5.41, 5.74) is 5.40. The van der Waals surface area contributed by atoms with Gasteiger partial charge in [0.05, 0.1) is 13.2 Å². The van der Waals surface area contributed by atoms with Crippen LogP contribution in [0.2, 0.25) is 0 Å². The summed E-state index contributed by atoms with van der Waals surface area (Å²) in [6.45, 7) is 3.12. The molecular formula is C7H13NO. The summed E-state index contributed by atoms with van der Waals surface area (Å²) in [5.74, 6) is 2.48. The molecule has 0 spiro atoms. The van der Waals surface area contributed by atoms with Gasteiger partial charge in [-0.25, -0.2) is 0 Å². The fraction of sp³-hybridized carbons (Fsp3) is 0.714. The van der Waals surface area contributed by atoms with E-state index < -0.39 is 0 Å². The molecule has 0 aliphatic heterocycles. The zero-order valence-electron chi connectivity index (χ0n) is 5.76. The lowest BCUT2D eigenvalue weighted by Gasteiger charge is -2.03. The first-order valence-electron chi connectivity index (χ1n) is 3.04. The fourth-order valence-electron chi connectivity index (χ4n) is 0.400. The van der Waals surface area contributed by atoms with Crippen LogP contribution in [0.3, 0.4) is 0 Å². The van der Waals surface area contributed by atoms with E-state index in [1.165, 1.54) is 0 Å². The number of nitrogens with two attached hydrogens (primary N) is 1. The Bertz CT molecular complexity index is 93.6. The van der Waals surface area contributed by atoms with Gasteiger partial charge >= 0.3 is 0 Å². The Balaban J connectivity index is 2.85. The average molecular weight is 127 g/mol. The highest BCUT2D eigenvalue weighted by Crippen LogP contribution is 1.81. The van der Waals surface area contributed by atoms with Crippen molar-refractivity contribution in [2.75, 3.05) is 13.2 Å². The summed E-state index contributed by atoms with van der Waals surface area (Å²) < 4.78 is 5.07. The van der Waals surface area contributed by atoms with Crippen molar-refractivity contribution in [3.8, 4) is 12.3 Å². The molecule has 2 heteroatoms. The molecule has 9 heavy (non-hydrogen) atoms. The summed E-state index contributed by atoms with van der Waals surface area (Å²) in [5, 5.41) is 0. The van der Waals surface area contributed by atoms with E-state index in [0.717, 1.165) is 0 Å². The molecule has 0 aromatic rings. The number of hydrogen-bond donors (Lipinski definition) is 1. The predicted molar refractivity (Wildman–Crippen MR) is 37.9 cm³/mol. The van der Waals surface area contributed by atoms with Crippen LogP contribution in [0, 0.1) is 12.3 Å². The van der Waals surface area contributed by atoms with E-state index in [2.05, 4.69) is 5.92 Å². The zero-order valence-corrected chi connectivity index (χ0v) is 5.76. The maximum absolute atomic E-state index is 5.40. The van der Waals surface area contributed by atoms with Gasteiger partial charge in [0.2, 0.25) is 0 Å². The van der Waals surface area contributed by atoms with Crippen molar-refractivity contribution in [1.82, 2.24) is 0 Å². The van der Waals surface area contributed by atoms with Crippen LogP contribution < -0.4 is 5.73 Å². The first kappa shape index (κ1) is 8.48. The lowest BCUT2D eigenvalue weighted by molar-refractivity contribution is 0.130. The number of rotatable bonds is 4. The van der Waals surface area contributed by atoms with Gasteiger partial charge in [-0.3, -0.25) is 0 Å². The van der Waals surface area contributed by atoms with E-state index in [0.29, 0.717) is 19.6 Å². The van der Waals surface area contributed by atoms with E-state index in [9.17, 15) is 0 Å². The van der Waals surface area contributed by atoms with Gasteiger partial charge in [0.15, 0.2) is 0 Å². The Morgan fingerprint density at radius 1 is 1.78 bits per heavy atom. The SMILES string of the molecule is C#CCCOCC(C)N. The molecule has 0 amide bonds. The molecule has 2 N–H and O–H groups in total. The Kier molecular flexibility index (Phi) is 5.29. The molecule has 0 aromatic heterocycles. The summed E-state index contributed by atoms with van der Waals surface area (Å²) in [6, 6.07) is 0.114. The van der Waals surface area contributed by atoms with Crippen molar-refractivity contribution in [2.45, 2.75) is 19.4 Å². The van der Waals surface area contributed by atoms with Crippen LogP contribution in [-0.2, 0) is 4.74 Å². The minimum Gasteiger partial charge on any atom is -0.379 e. The molecule has 2 nitrogen and oxygen atoms in total. The van der Waals surface area contributed by atoms with Gasteiger partial charge in [-0.1, -0.05) is 0 Å². The van der Waals surface area contributed by atoms with Crippen LogP contribution >= 0.6 is 0 Å². The van der Waals surface area contributed by atoms with Crippen molar-refractivity contribution < 1.29 is 4.74 Å². The van der Waals surface area contributed by atoms with Crippen molar-refractivity contribution in [3.05, 3.63) is 0 Å². The molecule has 0 saturated carbocycles. The summed E-state index contributed by atoms with van der Waals surface area (Å²) in [4.78, 5) is 0. The number of terminal acetylenes is 1. The minimum atomic E-state index is 0.114. The molecule has 0 fully saturated rings. The highest BCUT2D eigenvalue weighted by molar-refractivity contribution is 4.82. The Morgan fingerprint density at radius 3 is 2.89 bits per heavy atom. The monoisotopic (exact) mass is 127 g/mol. The topological polar surface area (TPSA) is 35.2 Å². The van der Waals surface area contributed by atoms with E-state index >= 15 is 0 Å². The summed E-state index contributed by atoms with van der Waals surface area (Å²) >= 11 is 0. The quantitative estimate of drug-likeness (QED) is 0.437. The van der Waals surface area contributed by atoms with Gasteiger partial charge in [-0.2, -0.15) is 0 Å². The fourth-order valence-corrected chi connectivity index (χ4v) is 0.400. The standard InChI is InChI=1S/C7H13NO/c1-3-4-5-9-6-7(2)8/h1,7H,4-6,8H2,2H3. The Labute approximate surface area is 56.4 Å². The van der Waals surface area contributed by atoms with Crippen LogP contribution in [0.1, 0.15) is 13.3 Å². The predicted octanol–water partition coefficient (Wildman–Crippen LogP) is 0.374. The maximum atomic E-state index is 5.40. The zero-order chi connectivity index (χ0) is 7.11. The van der Waals surface area contributed by atoms with Crippen LogP contribution in [0.4, 0.5) is 0 Å². The van der Waals surface area contributed by atoms with Gasteiger partial charge in [-0.15, -0.1) is 12.3 Å².